The minimum atomic E-state index is 0. The zero-order valence-corrected chi connectivity index (χ0v) is 19.0. The van der Waals surface area contributed by atoms with Gasteiger partial charge < -0.3 is 24.2 Å². The van der Waals surface area contributed by atoms with Crippen molar-refractivity contribution in [1.82, 2.24) is 14.7 Å². The fourth-order valence-corrected chi connectivity index (χ4v) is 4.23. The quantitative estimate of drug-likeness (QED) is 0.699. The lowest BCUT2D eigenvalue weighted by Gasteiger charge is -2.37. The highest BCUT2D eigenvalue weighted by atomic mass is 35.5. The van der Waals surface area contributed by atoms with E-state index in [1.165, 1.54) is 5.56 Å². The Morgan fingerprint density at radius 3 is 2.45 bits per heavy atom. The van der Waals surface area contributed by atoms with Gasteiger partial charge in [0.2, 0.25) is 0 Å². The van der Waals surface area contributed by atoms with Crippen LogP contribution in [-0.2, 0) is 6.42 Å². The molecule has 1 aromatic carbocycles. The Balaban J connectivity index is 0.00000300. The van der Waals surface area contributed by atoms with Gasteiger partial charge in [0.1, 0.15) is 13.2 Å². The van der Waals surface area contributed by atoms with Crippen LogP contribution in [0.15, 0.2) is 18.2 Å². The molecule has 0 N–H and O–H groups in total. The van der Waals surface area contributed by atoms with Crippen LogP contribution in [0.2, 0.25) is 0 Å². The molecule has 0 aromatic heterocycles. The molecule has 164 valence electrons. The van der Waals surface area contributed by atoms with Gasteiger partial charge in [0.05, 0.1) is 0 Å². The molecule has 0 radical (unpaired) electrons. The number of benzene rings is 1. The van der Waals surface area contributed by atoms with Gasteiger partial charge in [-0.3, -0.25) is 0 Å². The molecule has 0 spiro atoms. The van der Waals surface area contributed by atoms with Crippen LogP contribution in [0.5, 0.6) is 11.5 Å². The third-order valence-corrected chi connectivity index (χ3v) is 5.93. The molecule has 1 aromatic rings. The van der Waals surface area contributed by atoms with Crippen LogP contribution in [0.1, 0.15) is 32.3 Å². The normalized spacial score (nSPS) is 17.6. The summed E-state index contributed by atoms with van der Waals surface area (Å²) in [4.78, 5) is 18.3. The molecular formula is C22H36ClN3O3. The Morgan fingerprint density at radius 2 is 1.83 bits per heavy atom. The maximum Gasteiger partial charge on any atom is 0.319 e. The van der Waals surface area contributed by atoms with Crippen molar-refractivity contribution in [3.63, 3.8) is 0 Å². The minimum Gasteiger partial charge on any atom is -0.486 e. The van der Waals surface area contributed by atoms with Gasteiger partial charge in [-0.1, -0.05) is 13.0 Å². The van der Waals surface area contributed by atoms with Crippen LogP contribution in [0.3, 0.4) is 0 Å². The third-order valence-electron chi connectivity index (χ3n) is 5.93. The minimum absolute atomic E-state index is 0. The molecule has 1 saturated heterocycles. The fourth-order valence-electron chi connectivity index (χ4n) is 4.23. The summed E-state index contributed by atoms with van der Waals surface area (Å²) >= 11 is 0. The van der Waals surface area contributed by atoms with Crippen molar-refractivity contribution in [3.8, 4) is 11.5 Å². The predicted molar refractivity (Wildman–Crippen MR) is 118 cm³/mol. The molecule has 0 saturated carbocycles. The number of amides is 2. The van der Waals surface area contributed by atoms with Crippen LogP contribution in [0.4, 0.5) is 4.79 Å². The standard InChI is InChI=1S/C22H35N3O3.ClH/c1-5-24(16-18-8-10-25(11-9-18)22(26)23(3)4)17(2)14-19-6-7-20-21(15-19)28-13-12-27-20;/h6-7,15,17-18H,5,8-14,16H2,1-4H3;1H. The van der Waals surface area contributed by atoms with Crippen LogP contribution >= 0.6 is 12.4 Å². The molecule has 6 nitrogen and oxygen atoms in total. The van der Waals surface area contributed by atoms with Crippen LogP contribution < -0.4 is 9.47 Å². The van der Waals surface area contributed by atoms with E-state index in [0.717, 1.165) is 56.9 Å². The molecule has 7 heteroatoms. The zero-order valence-electron chi connectivity index (χ0n) is 18.2. The van der Waals surface area contributed by atoms with E-state index in [9.17, 15) is 4.79 Å². The molecule has 2 aliphatic rings. The second-order valence-corrected chi connectivity index (χ2v) is 8.23. The van der Waals surface area contributed by atoms with Crippen molar-refractivity contribution in [2.75, 3.05) is 53.5 Å². The molecule has 29 heavy (non-hydrogen) atoms. The Bertz CT molecular complexity index is 663. The lowest BCUT2D eigenvalue weighted by atomic mass is 9.95. The first-order valence-corrected chi connectivity index (χ1v) is 10.6. The summed E-state index contributed by atoms with van der Waals surface area (Å²) in [6.07, 6.45) is 3.18. The van der Waals surface area contributed by atoms with Crippen LogP contribution in [-0.4, -0.2) is 80.3 Å². The van der Waals surface area contributed by atoms with Gasteiger partial charge in [-0.25, -0.2) is 4.79 Å². The summed E-state index contributed by atoms with van der Waals surface area (Å²) in [5.41, 5.74) is 1.29. The number of carbonyl (C=O) groups excluding carboxylic acids is 1. The van der Waals surface area contributed by atoms with Crippen molar-refractivity contribution in [2.45, 2.75) is 39.2 Å². The average Bonchev–Trinajstić information content (AvgIpc) is 2.71. The molecule has 1 atom stereocenters. The highest BCUT2D eigenvalue weighted by Crippen LogP contribution is 2.31. The lowest BCUT2D eigenvalue weighted by molar-refractivity contribution is 0.120. The van der Waals surface area contributed by atoms with Gasteiger partial charge in [0, 0.05) is 39.8 Å². The number of urea groups is 1. The number of hydrogen-bond acceptors (Lipinski definition) is 4. The van der Waals surface area contributed by atoms with E-state index in [0.29, 0.717) is 25.2 Å². The van der Waals surface area contributed by atoms with Gasteiger partial charge in [-0.2, -0.15) is 0 Å². The van der Waals surface area contributed by atoms with E-state index in [-0.39, 0.29) is 18.4 Å². The van der Waals surface area contributed by atoms with E-state index >= 15 is 0 Å². The van der Waals surface area contributed by atoms with Crippen LogP contribution in [0.25, 0.3) is 0 Å². The van der Waals surface area contributed by atoms with Gasteiger partial charge in [0.15, 0.2) is 11.5 Å². The maximum absolute atomic E-state index is 12.1. The number of likely N-dealkylation sites (N-methyl/N-ethyl adjacent to an activating group) is 1. The first-order valence-electron chi connectivity index (χ1n) is 10.6. The maximum atomic E-state index is 12.1. The Hall–Kier alpha value is -1.66. The molecule has 0 bridgehead atoms. The van der Waals surface area contributed by atoms with Crippen molar-refractivity contribution in [2.24, 2.45) is 5.92 Å². The molecule has 2 aliphatic heterocycles. The summed E-state index contributed by atoms with van der Waals surface area (Å²) in [6, 6.07) is 6.92. The number of piperidine rings is 1. The summed E-state index contributed by atoms with van der Waals surface area (Å²) in [6.45, 7) is 9.70. The number of likely N-dealkylation sites (tertiary alicyclic amines) is 1. The monoisotopic (exact) mass is 425 g/mol. The SMILES string of the molecule is CCN(CC1CCN(C(=O)N(C)C)CC1)C(C)Cc1ccc2c(c1)OCCO2.Cl. The predicted octanol–water partition coefficient (Wildman–Crippen LogP) is 3.53. The van der Waals surface area contributed by atoms with Crippen molar-refractivity contribution in [1.29, 1.82) is 0 Å². The van der Waals surface area contributed by atoms with E-state index in [4.69, 9.17) is 9.47 Å². The van der Waals surface area contributed by atoms with E-state index in [1.54, 1.807) is 4.90 Å². The third kappa shape index (κ3) is 6.16. The topological polar surface area (TPSA) is 45.2 Å². The Kier molecular flexibility index (Phi) is 8.90. The van der Waals surface area contributed by atoms with Crippen molar-refractivity contribution < 1.29 is 14.3 Å². The number of nitrogens with zero attached hydrogens (tertiary/aromatic N) is 3. The van der Waals surface area contributed by atoms with Gasteiger partial charge in [-0.05, 0) is 56.3 Å². The highest BCUT2D eigenvalue weighted by Gasteiger charge is 2.26. The Morgan fingerprint density at radius 1 is 1.17 bits per heavy atom. The van der Waals surface area contributed by atoms with Crippen molar-refractivity contribution >= 4 is 18.4 Å². The Labute approximate surface area is 181 Å². The molecule has 3 rings (SSSR count). The van der Waals surface area contributed by atoms with Gasteiger partial charge in [0.25, 0.3) is 0 Å². The largest absolute Gasteiger partial charge is 0.486 e. The number of halogens is 1. The number of fused-ring (bicyclic) bond motifs is 1. The smallest absolute Gasteiger partial charge is 0.319 e. The molecule has 2 heterocycles. The molecule has 0 aliphatic carbocycles. The first kappa shape index (κ1) is 23.6. The zero-order chi connectivity index (χ0) is 20.1. The number of rotatable bonds is 6. The first-order chi connectivity index (χ1) is 13.5. The number of carbonyl (C=O) groups is 1. The van der Waals surface area contributed by atoms with E-state index in [1.807, 2.05) is 25.1 Å². The van der Waals surface area contributed by atoms with Gasteiger partial charge in [-0.15, -0.1) is 12.4 Å². The number of ether oxygens (including phenoxy) is 2. The van der Waals surface area contributed by atoms with Crippen molar-refractivity contribution in [3.05, 3.63) is 23.8 Å². The van der Waals surface area contributed by atoms with Gasteiger partial charge >= 0.3 is 6.03 Å². The molecule has 2 amide bonds. The second kappa shape index (κ2) is 10.9. The van der Waals surface area contributed by atoms with Crippen LogP contribution in [0, 0.1) is 5.92 Å². The summed E-state index contributed by atoms with van der Waals surface area (Å²) in [5.74, 6) is 2.39. The van der Waals surface area contributed by atoms with E-state index in [2.05, 4.69) is 30.9 Å². The molecular weight excluding hydrogens is 390 g/mol. The molecule has 1 unspecified atom stereocenters. The lowest BCUT2D eigenvalue weighted by Crippen LogP contribution is -2.46. The summed E-state index contributed by atoms with van der Waals surface area (Å²) in [5, 5.41) is 0. The highest BCUT2D eigenvalue weighted by molar-refractivity contribution is 5.85. The average molecular weight is 426 g/mol. The van der Waals surface area contributed by atoms with E-state index < -0.39 is 0 Å². The fraction of sp³-hybridized carbons (Fsp3) is 0.682. The second-order valence-electron chi connectivity index (χ2n) is 8.23. The summed E-state index contributed by atoms with van der Waals surface area (Å²) < 4.78 is 11.4. The number of hydrogen-bond donors (Lipinski definition) is 0. The molecule has 1 fully saturated rings. The summed E-state index contributed by atoms with van der Waals surface area (Å²) in [7, 11) is 3.65.